The first-order valence-corrected chi connectivity index (χ1v) is 8.69. The van der Waals surface area contributed by atoms with Gasteiger partial charge in [-0.2, -0.15) is 0 Å². The van der Waals surface area contributed by atoms with Crippen LogP contribution >= 0.6 is 0 Å². The Kier molecular flexibility index (Phi) is 7.54. The smallest absolute Gasteiger partial charge is 0.339 e. The Morgan fingerprint density at radius 2 is 1.31 bits per heavy atom. The van der Waals surface area contributed by atoms with Gasteiger partial charge in [-0.05, 0) is 12.1 Å². The third-order valence-electron chi connectivity index (χ3n) is 3.83. The minimum Gasteiger partial charge on any atom is -0.467 e. The highest BCUT2D eigenvalue weighted by atomic mass is 16.7. The van der Waals surface area contributed by atoms with Crippen LogP contribution < -0.4 is 4.74 Å². The third-order valence-corrected chi connectivity index (χ3v) is 3.83. The number of rotatable bonds is 6. The molecule has 0 saturated carbocycles. The molecular formula is C19H22O10. The monoisotopic (exact) mass is 410 g/mol. The van der Waals surface area contributed by atoms with Gasteiger partial charge in [0.05, 0.1) is 7.11 Å². The largest absolute Gasteiger partial charge is 0.467 e. The van der Waals surface area contributed by atoms with Crippen LogP contribution in [0.15, 0.2) is 30.3 Å². The average Bonchev–Trinajstić information content (AvgIpc) is 2.65. The Bertz CT molecular complexity index is 747. The van der Waals surface area contributed by atoms with E-state index in [0.29, 0.717) is 5.75 Å². The molecule has 0 aromatic heterocycles. The van der Waals surface area contributed by atoms with Gasteiger partial charge in [-0.3, -0.25) is 14.4 Å². The van der Waals surface area contributed by atoms with E-state index in [1.165, 1.54) is 0 Å². The lowest BCUT2D eigenvalue weighted by atomic mass is 9.97. The van der Waals surface area contributed by atoms with E-state index in [4.69, 9.17) is 28.4 Å². The van der Waals surface area contributed by atoms with Crippen molar-refractivity contribution >= 4 is 23.9 Å². The number of carbonyl (C=O) groups excluding carboxylic acids is 4. The maximum absolute atomic E-state index is 12.3. The van der Waals surface area contributed by atoms with E-state index in [1.807, 2.05) is 0 Å². The second-order valence-electron chi connectivity index (χ2n) is 6.10. The minimum atomic E-state index is -1.49. The van der Waals surface area contributed by atoms with Gasteiger partial charge in [0.25, 0.3) is 0 Å². The lowest BCUT2D eigenvalue weighted by Crippen LogP contribution is -2.64. The van der Waals surface area contributed by atoms with Crippen molar-refractivity contribution in [3.8, 4) is 5.75 Å². The Hall–Kier alpha value is -3.14. The van der Waals surface area contributed by atoms with Gasteiger partial charge in [0.1, 0.15) is 5.75 Å². The summed E-state index contributed by atoms with van der Waals surface area (Å²) in [6, 6.07) is 8.37. The summed E-state index contributed by atoms with van der Waals surface area (Å²) < 4.78 is 31.7. The zero-order chi connectivity index (χ0) is 21.6. The topological polar surface area (TPSA) is 124 Å². The number of hydrogen-bond donors (Lipinski definition) is 0. The summed E-state index contributed by atoms with van der Waals surface area (Å²) >= 11 is 0. The highest BCUT2D eigenvalue weighted by Crippen LogP contribution is 2.31. The van der Waals surface area contributed by atoms with Crippen LogP contribution in [0.4, 0.5) is 0 Å². The Morgan fingerprint density at radius 3 is 1.83 bits per heavy atom. The van der Waals surface area contributed by atoms with Crippen LogP contribution in [0, 0.1) is 0 Å². The highest BCUT2D eigenvalue weighted by molar-refractivity contribution is 5.77. The number of ether oxygens (including phenoxy) is 6. The van der Waals surface area contributed by atoms with E-state index in [1.54, 1.807) is 30.3 Å². The molecule has 10 heteroatoms. The lowest BCUT2D eigenvalue weighted by molar-refractivity contribution is -0.282. The van der Waals surface area contributed by atoms with Gasteiger partial charge in [0, 0.05) is 20.8 Å². The van der Waals surface area contributed by atoms with Crippen LogP contribution in [0.5, 0.6) is 5.75 Å². The molecule has 10 nitrogen and oxygen atoms in total. The standard InChI is InChI=1S/C19H22O10/c1-10(20)25-14-15(26-11(2)21)17(27-12(3)22)19(29-16(14)18(23)24-4)28-13-8-6-5-7-9-13/h5-9,14-17,19H,1-4H3. The summed E-state index contributed by atoms with van der Waals surface area (Å²) in [7, 11) is 1.11. The fraction of sp³-hybridized carbons (Fsp3) is 0.474. The molecule has 0 radical (unpaired) electrons. The number of para-hydroxylation sites is 1. The maximum Gasteiger partial charge on any atom is 0.339 e. The van der Waals surface area contributed by atoms with Crippen molar-refractivity contribution < 1.29 is 47.6 Å². The SMILES string of the molecule is COC(=O)C1OC(Oc2ccccc2)C(OC(C)=O)C(OC(C)=O)C1OC(C)=O. The second-order valence-corrected chi connectivity index (χ2v) is 6.10. The number of carbonyl (C=O) groups is 4. The fourth-order valence-corrected chi connectivity index (χ4v) is 2.81. The Morgan fingerprint density at radius 1 is 0.793 bits per heavy atom. The molecule has 1 aliphatic heterocycles. The highest BCUT2D eigenvalue weighted by Gasteiger charge is 2.55. The van der Waals surface area contributed by atoms with Crippen molar-refractivity contribution in [3.05, 3.63) is 30.3 Å². The Balaban J connectivity index is 2.47. The molecule has 0 aliphatic carbocycles. The molecule has 5 unspecified atom stereocenters. The first-order chi connectivity index (χ1) is 13.7. The van der Waals surface area contributed by atoms with Gasteiger partial charge in [0.2, 0.25) is 12.4 Å². The van der Waals surface area contributed by atoms with Gasteiger partial charge in [-0.1, -0.05) is 18.2 Å². The van der Waals surface area contributed by atoms with Gasteiger partial charge in [0.15, 0.2) is 18.3 Å². The predicted molar refractivity (Wildman–Crippen MR) is 94.4 cm³/mol. The molecule has 0 spiro atoms. The normalized spacial score (nSPS) is 26.0. The molecule has 1 saturated heterocycles. The van der Waals surface area contributed by atoms with E-state index < -0.39 is 54.6 Å². The lowest BCUT2D eigenvalue weighted by Gasteiger charge is -2.43. The number of hydrogen-bond acceptors (Lipinski definition) is 10. The van der Waals surface area contributed by atoms with Crippen LogP contribution in [0.3, 0.4) is 0 Å². The number of esters is 4. The van der Waals surface area contributed by atoms with Crippen LogP contribution in [-0.2, 0) is 42.9 Å². The van der Waals surface area contributed by atoms with Gasteiger partial charge >= 0.3 is 23.9 Å². The van der Waals surface area contributed by atoms with E-state index >= 15 is 0 Å². The molecule has 1 aromatic rings. The molecule has 1 heterocycles. The predicted octanol–water partition coefficient (Wildman–Crippen LogP) is 0.758. The average molecular weight is 410 g/mol. The van der Waals surface area contributed by atoms with Crippen molar-refractivity contribution in [2.24, 2.45) is 0 Å². The Labute approximate surface area is 166 Å². The zero-order valence-corrected chi connectivity index (χ0v) is 16.4. The fourth-order valence-electron chi connectivity index (χ4n) is 2.81. The third kappa shape index (κ3) is 5.92. The number of methoxy groups -OCH3 is 1. The molecule has 5 atom stereocenters. The summed E-state index contributed by atoms with van der Waals surface area (Å²) in [5.74, 6) is -2.81. The van der Waals surface area contributed by atoms with Gasteiger partial charge in [-0.25, -0.2) is 4.79 Å². The van der Waals surface area contributed by atoms with Crippen molar-refractivity contribution in [2.75, 3.05) is 7.11 Å². The van der Waals surface area contributed by atoms with Gasteiger partial charge < -0.3 is 28.4 Å². The second kappa shape index (κ2) is 9.87. The van der Waals surface area contributed by atoms with Crippen molar-refractivity contribution in [1.82, 2.24) is 0 Å². The van der Waals surface area contributed by atoms with Crippen molar-refractivity contribution in [2.45, 2.75) is 51.5 Å². The quantitative estimate of drug-likeness (QED) is 0.490. The molecule has 1 fully saturated rings. The molecule has 158 valence electrons. The van der Waals surface area contributed by atoms with Crippen molar-refractivity contribution in [1.29, 1.82) is 0 Å². The van der Waals surface area contributed by atoms with E-state index in [2.05, 4.69) is 0 Å². The van der Waals surface area contributed by atoms with Crippen LogP contribution in [-0.4, -0.2) is 61.7 Å². The summed E-state index contributed by atoms with van der Waals surface area (Å²) in [5, 5.41) is 0. The van der Waals surface area contributed by atoms with E-state index in [-0.39, 0.29) is 0 Å². The first kappa shape index (κ1) is 22.2. The van der Waals surface area contributed by atoms with E-state index in [9.17, 15) is 19.2 Å². The zero-order valence-electron chi connectivity index (χ0n) is 16.4. The first-order valence-electron chi connectivity index (χ1n) is 8.69. The molecule has 0 bridgehead atoms. The van der Waals surface area contributed by atoms with Crippen LogP contribution in [0.1, 0.15) is 20.8 Å². The van der Waals surface area contributed by atoms with E-state index in [0.717, 1.165) is 27.9 Å². The van der Waals surface area contributed by atoms with Crippen LogP contribution in [0.25, 0.3) is 0 Å². The number of benzene rings is 1. The molecule has 1 aromatic carbocycles. The maximum atomic E-state index is 12.3. The molecule has 1 aliphatic rings. The summed E-state index contributed by atoms with van der Waals surface area (Å²) in [4.78, 5) is 47.2. The molecule has 2 rings (SSSR count). The summed E-state index contributed by atoms with van der Waals surface area (Å²) in [6.45, 7) is 3.36. The summed E-state index contributed by atoms with van der Waals surface area (Å²) in [5.41, 5.74) is 0. The van der Waals surface area contributed by atoms with Crippen molar-refractivity contribution in [3.63, 3.8) is 0 Å². The molecule has 0 amide bonds. The summed E-state index contributed by atoms with van der Waals surface area (Å²) in [6.07, 6.45) is -6.99. The minimum absolute atomic E-state index is 0.339. The van der Waals surface area contributed by atoms with Gasteiger partial charge in [-0.15, -0.1) is 0 Å². The molecule has 29 heavy (non-hydrogen) atoms. The van der Waals surface area contributed by atoms with Crippen LogP contribution in [0.2, 0.25) is 0 Å². The molecular weight excluding hydrogens is 388 g/mol. The molecule has 0 N–H and O–H groups in total.